The van der Waals surface area contributed by atoms with Crippen molar-refractivity contribution >= 4 is 55.9 Å². The second kappa shape index (κ2) is 20.0. The molecule has 0 aliphatic heterocycles. The summed E-state index contributed by atoms with van der Waals surface area (Å²) in [5.74, 6) is 4.40. The van der Waals surface area contributed by atoms with Gasteiger partial charge in [-0.2, -0.15) is 0 Å². The lowest BCUT2D eigenvalue weighted by Crippen LogP contribution is -2.43. The van der Waals surface area contributed by atoms with Crippen LogP contribution in [0.5, 0.6) is 0 Å². The second-order valence-corrected chi connectivity index (χ2v) is 22.5. The summed E-state index contributed by atoms with van der Waals surface area (Å²) in [5, 5.41) is 2.48. The molecule has 3 heteroatoms. The van der Waals surface area contributed by atoms with Crippen LogP contribution in [0.25, 0.3) is 72.0 Å². The van der Waals surface area contributed by atoms with Crippen LogP contribution < -0.4 is 9.80 Å². The summed E-state index contributed by atoms with van der Waals surface area (Å²) in [6, 6.07) is 103. The molecule has 79 heavy (non-hydrogen) atoms. The van der Waals surface area contributed by atoms with E-state index in [1.54, 1.807) is 5.56 Å². The summed E-state index contributed by atoms with van der Waals surface area (Å²) < 4.78 is 2.40. The van der Waals surface area contributed by atoms with E-state index in [0.717, 1.165) is 69.3 Å². The van der Waals surface area contributed by atoms with Gasteiger partial charge in [0.25, 0.3) is 0 Å². The molecular formula is C76H61N3. The molecule has 4 aliphatic rings. The van der Waals surface area contributed by atoms with Crippen LogP contribution in [0, 0.1) is 23.7 Å². The maximum absolute atomic E-state index is 2.46. The number of nitrogens with zero attached hydrogens (tertiary/aromatic N) is 3. The molecule has 1 aromatic heterocycles. The lowest BCUT2D eigenvalue weighted by atomic mass is 9.51. The van der Waals surface area contributed by atoms with E-state index in [4.69, 9.17) is 0 Å². The maximum atomic E-state index is 2.46. The zero-order chi connectivity index (χ0) is 52.2. The van der Waals surface area contributed by atoms with Crippen LogP contribution >= 0.6 is 0 Å². The summed E-state index contributed by atoms with van der Waals surface area (Å²) >= 11 is 0. The fourth-order valence-electron chi connectivity index (χ4n) is 14.7. The van der Waals surface area contributed by atoms with Crippen molar-refractivity contribution in [2.45, 2.75) is 38.0 Å². The first-order chi connectivity index (χ1) is 39.1. The van der Waals surface area contributed by atoms with Crippen LogP contribution in [0.4, 0.5) is 34.1 Å². The Morgan fingerprint density at radius 2 is 0.646 bits per heavy atom. The van der Waals surface area contributed by atoms with E-state index in [0.29, 0.717) is 0 Å². The highest BCUT2D eigenvalue weighted by Gasteiger charge is 2.48. The third-order valence-corrected chi connectivity index (χ3v) is 17.9. The summed E-state index contributed by atoms with van der Waals surface area (Å²) in [6.45, 7) is 0. The van der Waals surface area contributed by atoms with Gasteiger partial charge in [0.2, 0.25) is 0 Å². The molecule has 0 amide bonds. The zero-order valence-electron chi connectivity index (χ0n) is 44.3. The number of para-hydroxylation sites is 4. The first-order valence-electron chi connectivity index (χ1n) is 28.5. The van der Waals surface area contributed by atoms with Gasteiger partial charge in [-0.3, -0.25) is 0 Å². The van der Waals surface area contributed by atoms with E-state index in [1.807, 2.05) is 0 Å². The Bertz CT molecular complexity index is 4070. The van der Waals surface area contributed by atoms with Gasteiger partial charge in [0, 0.05) is 50.6 Å². The Kier molecular flexibility index (Phi) is 11.9. The average Bonchev–Trinajstić information content (AvgIpc) is 4.04. The van der Waals surface area contributed by atoms with E-state index in [9.17, 15) is 0 Å². The highest BCUT2D eigenvalue weighted by atomic mass is 15.1. The Morgan fingerprint density at radius 1 is 0.278 bits per heavy atom. The van der Waals surface area contributed by atoms with Crippen molar-refractivity contribution in [1.29, 1.82) is 0 Å². The fourth-order valence-corrected chi connectivity index (χ4v) is 14.7. The van der Waals surface area contributed by atoms with Gasteiger partial charge >= 0.3 is 0 Å². The molecule has 4 aliphatic carbocycles. The van der Waals surface area contributed by atoms with Gasteiger partial charge in [0.15, 0.2) is 0 Å². The predicted octanol–water partition coefficient (Wildman–Crippen LogP) is 20.9. The molecule has 4 bridgehead atoms. The minimum atomic E-state index is 0.717. The van der Waals surface area contributed by atoms with Crippen LogP contribution in [0.3, 0.4) is 0 Å². The number of benzene rings is 11. The molecule has 0 radical (unpaired) electrons. The molecule has 16 rings (SSSR count). The SMILES string of the molecule is c1ccc(-c2cc(-c3ccc(N(c4ccccc4)c4ccc5c6ccccc6n(-c6ccccc6)c5c4)cc3)c(-c3ccccc3)cc2-c2ccc(N(c3ccccc3)c3ccc(C4C5CC6CC(C5)CC4C6)cc3)cc2)cc1. The molecule has 12 aromatic rings. The Balaban J connectivity index is 0.814. The number of anilines is 6. The summed E-state index contributed by atoms with van der Waals surface area (Å²) in [5.41, 5.74) is 21.3. The van der Waals surface area contributed by atoms with Gasteiger partial charge in [-0.1, -0.05) is 176 Å². The van der Waals surface area contributed by atoms with Crippen LogP contribution in [0.1, 0.15) is 43.6 Å². The monoisotopic (exact) mass is 1020 g/mol. The smallest absolute Gasteiger partial charge is 0.0561 e. The number of rotatable bonds is 12. The van der Waals surface area contributed by atoms with Gasteiger partial charge in [-0.25, -0.2) is 0 Å². The number of fused-ring (bicyclic) bond motifs is 3. The minimum absolute atomic E-state index is 0.717. The van der Waals surface area contributed by atoms with Crippen molar-refractivity contribution in [1.82, 2.24) is 4.57 Å². The largest absolute Gasteiger partial charge is 0.311 e. The third kappa shape index (κ3) is 8.62. The molecule has 4 fully saturated rings. The Morgan fingerprint density at radius 3 is 1.14 bits per heavy atom. The van der Waals surface area contributed by atoms with E-state index in [-0.39, 0.29) is 0 Å². The van der Waals surface area contributed by atoms with Gasteiger partial charge in [0.1, 0.15) is 0 Å². The maximum Gasteiger partial charge on any atom is 0.0561 e. The second-order valence-electron chi connectivity index (χ2n) is 22.5. The molecular weight excluding hydrogens is 955 g/mol. The van der Waals surface area contributed by atoms with Crippen molar-refractivity contribution < 1.29 is 0 Å². The van der Waals surface area contributed by atoms with E-state index in [2.05, 4.69) is 293 Å². The topological polar surface area (TPSA) is 11.4 Å². The summed E-state index contributed by atoms with van der Waals surface area (Å²) in [4.78, 5) is 4.81. The Hall–Kier alpha value is -9.18. The third-order valence-electron chi connectivity index (χ3n) is 17.9. The van der Waals surface area contributed by atoms with E-state index >= 15 is 0 Å². The summed E-state index contributed by atoms with van der Waals surface area (Å²) in [6.07, 6.45) is 7.24. The lowest BCUT2D eigenvalue weighted by molar-refractivity contribution is -0.00277. The van der Waals surface area contributed by atoms with Crippen molar-refractivity contribution in [2.75, 3.05) is 9.80 Å². The van der Waals surface area contributed by atoms with Crippen LogP contribution in [0.2, 0.25) is 0 Å². The van der Waals surface area contributed by atoms with E-state index < -0.39 is 0 Å². The molecule has 380 valence electrons. The molecule has 11 aromatic carbocycles. The first-order valence-corrected chi connectivity index (χ1v) is 28.5. The molecule has 0 unspecified atom stereocenters. The van der Waals surface area contributed by atoms with Crippen molar-refractivity contribution in [2.24, 2.45) is 23.7 Å². The first kappa shape index (κ1) is 47.1. The number of hydrogen-bond acceptors (Lipinski definition) is 2. The normalized spacial score (nSPS) is 18.3. The van der Waals surface area contributed by atoms with Gasteiger partial charge < -0.3 is 14.4 Å². The zero-order valence-corrected chi connectivity index (χ0v) is 44.3. The minimum Gasteiger partial charge on any atom is -0.311 e. The highest BCUT2D eigenvalue weighted by molar-refractivity contribution is 6.10. The van der Waals surface area contributed by atoms with Crippen molar-refractivity contribution in [3.05, 3.63) is 285 Å². The Labute approximate surface area is 464 Å². The molecule has 3 nitrogen and oxygen atoms in total. The van der Waals surface area contributed by atoms with Gasteiger partial charge in [0.05, 0.1) is 11.0 Å². The highest BCUT2D eigenvalue weighted by Crippen LogP contribution is 2.60. The average molecular weight is 1020 g/mol. The number of aromatic nitrogens is 1. The quantitative estimate of drug-likeness (QED) is 0.121. The van der Waals surface area contributed by atoms with Crippen LogP contribution in [-0.4, -0.2) is 4.57 Å². The van der Waals surface area contributed by atoms with Gasteiger partial charge in [-0.05, 0) is 215 Å². The van der Waals surface area contributed by atoms with Gasteiger partial charge in [-0.15, -0.1) is 0 Å². The molecule has 0 atom stereocenters. The number of hydrogen-bond donors (Lipinski definition) is 0. The van der Waals surface area contributed by atoms with Crippen LogP contribution in [0.15, 0.2) is 279 Å². The molecule has 0 N–H and O–H groups in total. The molecule has 1 heterocycles. The molecule has 4 saturated carbocycles. The molecule has 0 saturated heterocycles. The van der Waals surface area contributed by atoms with E-state index in [1.165, 1.54) is 98.5 Å². The van der Waals surface area contributed by atoms with Crippen molar-refractivity contribution in [3.8, 4) is 50.2 Å². The fraction of sp³-hybridized carbons (Fsp3) is 0.132. The molecule has 0 spiro atoms. The van der Waals surface area contributed by atoms with Crippen molar-refractivity contribution in [3.63, 3.8) is 0 Å². The predicted molar refractivity (Wildman–Crippen MR) is 332 cm³/mol. The summed E-state index contributed by atoms with van der Waals surface area (Å²) in [7, 11) is 0. The van der Waals surface area contributed by atoms with Crippen LogP contribution in [-0.2, 0) is 0 Å². The lowest BCUT2D eigenvalue weighted by Gasteiger charge is -2.54. The standard InChI is InChI=1S/C76H61N3/c1-6-18-54(19-7-1)70-51-73(57-32-38-66(39-33-57)78(62-24-12-4-13-25-62)67-42-43-69-68-28-16-17-29-74(68)79(75(69)49-67)63-26-14-5-15-27-63)71(55-20-8-2-9-21-55)50-72(70)56-30-36-64(37-31-56)77(61-22-10-3-11-23-61)65-40-34-58(35-41-65)76-59-45-52-44-53(47-59)48-60(76)46-52/h1-43,49-53,59-60,76H,44-48H2.